The molecule has 2 aromatic rings. The summed E-state index contributed by atoms with van der Waals surface area (Å²) in [5.74, 6) is -3.45. The predicted octanol–water partition coefficient (Wildman–Crippen LogP) is 2.18. The van der Waals surface area contributed by atoms with Crippen LogP contribution in [0.25, 0.3) is 5.82 Å². The minimum atomic E-state index is -3.18. The maximum atomic E-state index is 13.5. The fraction of sp³-hybridized carbons (Fsp3) is 0.462. The zero-order valence-corrected chi connectivity index (χ0v) is 11.8. The van der Waals surface area contributed by atoms with Gasteiger partial charge in [-0.25, -0.2) is 9.78 Å². The SMILES string of the molecule is CCn1c(C(C)(F)F)nn(-c2ncc(C)cc2C)c1=O. The monoisotopic (exact) mass is 282 g/mol. The van der Waals surface area contributed by atoms with E-state index in [0.29, 0.717) is 5.56 Å². The lowest BCUT2D eigenvalue weighted by atomic mass is 10.2. The molecular weight excluding hydrogens is 266 g/mol. The number of hydrogen-bond acceptors (Lipinski definition) is 3. The lowest BCUT2D eigenvalue weighted by Gasteiger charge is -2.08. The maximum absolute atomic E-state index is 13.5. The minimum absolute atomic E-state index is 0.127. The highest BCUT2D eigenvalue weighted by Gasteiger charge is 2.33. The van der Waals surface area contributed by atoms with E-state index in [0.717, 1.165) is 21.7 Å². The summed E-state index contributed by atoms with van der Waals surface area (Å²) in [7, 11) is 0. The molecule has 2 heterocycles. The number of rotatable bonds is 3. The topological polar surface area (TPSA) is 52.7 Å². The third kappa shape index (κ3) is 2.35. The van der Waals surface area contributed by atoms with Gasteiger partial charge in [-0.2, -0.15) is 13.5 Å². The van der Waals surface area contributed by atoms with Gasteiger partial charge < -0.3 is 0 Å². The zero-order valence-electron chi connectivity index (χ0n) is 11.8. The third-order valence-electron chi connectivity index (χ3n) is 2.96. The van der Waals surface area contributed by atoms with E-state index in [2.05, 4.69) is 10.1 Å². The van der Waals surface area contributed by atoms with Gasteiger partial charge in [0.1, 0.15) is 0 Å². The molecule has 2 aromatic heterocycles. The number of aromatic nitrogens is 4. The second kappa shape index (κ2) is 4.81. The van der Waals surface area contributed by atoms with Crippen LogP contribution in [0.5, 0.6) is 0 Å². The Bertz CT molecular complexity index is 697. The summed E-state index contributed by atoms with van der Waals surface area (Å²) in [6, 6.07) is 1.82. The molecule has 0 fully saturated rings. The van der Waals surface area contributed by atoms with Crippen LogP contribution >= 0.6 is 0 Å². The van der Waals surface area contributed by atoms with Crippen molar-refractivity contribution in [3.63, 3.8) is 0 Å². The highest BCUT2D eigenvalue weighted by atomic mass is 19.3. The van der Waals surface area contributed by atoms with Crippen LogP contribution in [0.1, 0.15) is 30.8 Å². The number of hydrogen-bond donors (Lipinski definition) is 0. The molecule has 7 heteroatoms. The quantitative estimate of drug-likeness (QED) is 0.867. The van der Waals surface area contributed by atoms with Crippen molar-refractivity contribution >= 4 is 0 Å². The van der Waals surface area contributed by atoms with Crippen molar-refractivity contribution in [2.24, 2.45) is 0 Å². The smallest absolute Gasteiger partial charge is 0.274 e. The van der Waals surface area contributed by atoms with Crippen molar-refractivity contribution in [3.05, 3.63) is 39.7 Å². The lowest BCUT2D eigenvalue weighted by molar-refractivity contribution is 0.00346. The van der Waals surface area contributed by atoms with E-state index in [-0.39, 0.29) is 12.4 Å². The summed E-state index contributed by atoms with van der Waals surface area (Å²) in [4.78, 5) is 16.3. The molecular formula is C13H16F2N4O. The van der Waals surface area contributed by atoms with Crippen molar-refractivity contribution in [1.82, 2.24) is 19.3 Å². The fourth-order valence-electron chi connectivity index (χ4n) is 2.07. The van der Waals surface area contributed by atoms with E-state index >= 15 is 0 Å². The molecule has 108 valence electrons. The Hall–Kier alpha value is -2.05. The Kier molecular flexibility index (Phi) is 3.45. The number of aryl methyl sites for hydroxylation is 2. The Labute approximate surface area is 114 Å². The van der Waals surface area contributed by atoms with Gasteiger partial charge in [0.25, 0.3) is 0 Å². The molecule has 0 radical (unpaired) electrons. The van der Waals surface area contributed by atoms with Crippen molar-refractivity contribution in [2.45, 2.75) is 40.2 Å². The minimum Gasteiger partial charge on any atom is -0.274 e. The van der Waals surface area contributed by atoms with Crippen molar-refractivity contribution < 1.29 is 8.78 Å². The molecule has 2 rings (SSSR count). The van der Waals surface area contributed by atoms with Gasteiger partial charge in [-0.15, -0.1) is 5.10 Å². The largest absolute Gasteiger partial charge is 0.352 e. The standard InChI is InChI=1S/C13H16F2N4O/c1-5-18-11(13(4,14)15)17-19(12(18)20)10-9(3)6-8(2)7-16-10/h6-7H,5H2,1-4H3. The summed E-state index contributed by atoms with van der Waals surface area (Å²) < 4.78 is 28.9. The van der Waals surface area contributed by atoms with Crippen LogP contribution in [0.3, 0.4) is 0 Å². The Morgan fingerprint density at radius 1 is 1.35 bits per heavy atom. The van der Waals surface area contributed by atoms with E-state index < -0.39 is 17.4 Å². The van der Waals surface area contributed by atoms with Crippen molar-refractivity contribution in [2.75, 3.05) is 0 Å². The van der Waals surface area contributed by atoms with Gasteiger partial charge in [-0.1, -0.05) is 6.07 Å². The van der Waals surface area contributed by atoms with Gasteiger partial charge >= 0.3 is 11.6 Å². The first-order valence-corrected chi connectivity index (χ1v) is 6.27. The molecule has 0 aliphatic carbocycles. The highest BCUT2D eigenvalue weighted by molar-refractivity contribution is 5.34. The van der Waals surface area contributed by atoms with E-state index in [9.17, 15) is 13.6 Å². The molecule has 5 nitrogen and oxygen atoms in total. The molecule has 0 saturated heterocycles. The second-order valence-corrected chi connectivity index (χ2v) is 4.80. The van der Waals surface area contributed by atoms with Crippen molar-refractivity contribution in [3.8, 4) is 5.82 Å². The molecule has 0 N–H and O–H groups in total. The van der Waals surface area contributed by atoms with Gasteiger partial charge in [0.15, 0.2) is 5.82 Å². The molecule has 0 spiro atoms. The summed E-state index contributed by atoms with van der Waals surface area (Å²) >= 11 is 0. The maximum Gasteiger partial charge on any atom is 0.352 e. The van der Waals surface area contributed by atoms with Gasteiger partial charge in [-0.05, 0) is 31.9 Å². The van der Waals surface area contributed by atoms with E-state index in [1.165, 1.54) is 0 Å². The summed E-state index contributed by atoms with van der Waals surface area (Å²) in [6.45, 7) is 6.10. The average molecular weight is 282 g/mol. The van der Waals surface area contributed by atoms with Crippen LogP contribution in [0.15, 0.2) is 17.1 Å². The molecule has 20 heavy (non-hydrogen) atoms. The number of nitrogens with zero attached hydrogens (tertiary/aromatic N) is 4. The van der Waals surface area contributed by atoms with E-state index in [1.54, 1.807) is 20.0 Å². The molecule has 0 saturated carbocycles. The van der Waals surface area contributed by atoms with E-state index in [1.807, 2.05) is 13.0 Å². The molecule has 0 aliphatic heterocycles. The fourth-order valence-corrected chi connectivity index (χ4v) is 2.07. The Balaban J connectivity index is 2.70. The van der Waals surface area contributed by atoms with Gasteiger partial charge in [0, 0.05) is 19.7 Å². The highest BCUT2D eigenvalue weighted by Crippen LogP contribution is 2.24. The first-order chi connectivity index (χ1) is 9.25. The third-order valence-corrected chi connectivity index (χ3v) is 2.96. The van der Waals surface area contributed by atoms with E-state index in [4.69, 9.17) is 0 Å². The zero-order chi connectivity index (χ0) is 15.1. The van der Waals surface area contributed by atoms with Gasteiger partial charge in [0.05, 0.1) is 0 Å². The number of pyridine rings is 1. The van der Waals surface area contributed by atoms with Crippen LogP contribution in [0, 0.1) is 13.8 Å². The average Bonchev–Trinajstić information content (AvgIpc) is 2.66. The predicted molar refractivity (Wildman–Crippen MR) is 70.3 cm³/mol. The van der Waals surface area contributed by atoms with Gasteiger partial charge in [-0.3, -0.25) is 4.57 Å². The molecule has 0 bridgehead atoms. The number of alkyl halides is 2. The summed E-state index contributed by atoms with van der Waals surface area (Å²) in [5, 5.41) is 3.77. The molecule has 0 aliphatic rings. The Morgan fingerprint density at radius 3 is 2.45 bits per heavy atom. The molecule has 0 unspecified atom stereocenters. The Morgan fingerprint density at radius 2 is 2.00 bits per heavy atom. The van der Waals surface area contributed by atoms with Gasteiger partial charge in [0.2, 0.25) is 5.82 Å². The lowest BCUT2D eigenvalue weighted by Crippen LogP contribution is -2.26. The summed E-state index contributed by atoms with van der Waals surface area (Å²) in [5.41, 5.74) is 1.03. The van der Waals surface area contributed by atoms with Crippen LogP contribution in [0.2, 0.25) is 0 Å². The van der Waals surface area contributed by atoms with Crippen LogP contribution in [0.4, 0.5) is 8.78 Å². The van der Waals surface area contributed by atoms with Crippen LogP contribution in [-0.2, 0) is 12.5 Å². The van der Waals surface area contributed by atoms with Crippen LogP contribution < -0.4 is 5.69 Å². The number of halogens is 2. The second-order valence-electron chi connectivity index (χ2n) is 4.80. The molecule has 0 aromatic carbocycles. The van der Waals surface area contributed by atoms with Crippen molar-refractivity contribution in [1.29, 1.82) is 0 Å². The first-order valence-electron chi connectivity index (χ1n) is 6.27. The first kappa shape index (κ1) is 14.4. The molecule has 0 atom stereocenters. The summed E-state index contributed by atoms with van der Waals surface area (Å²) in [6.07, 6.45) is 1.57. The normalized spacial score (nSPS) is 11.9. The van der Waals surface area contributed by atoms with Crippen LogP contribution in [-0.4, -0.2) is 19.3 Å². The molecule has 0 amide bonds.